The van der Waals surface area contributed by atoms with Crippen LogP contribution >= 0.6 is 15.9 Å². The van der Waals surface area contributed by atoms with E-state index in [0.29, 0.717) is 4.90 Å². The molecular weight excluding hydrogens is 292 g/mol. The highest BCUT2D eigenvalue weighted by Crippen LogP contribution is 2.30. The zero-order chi connectivity index (χ0) is 11.7. The van der Waals surface area contributed by atoms with Gasteiger partial charge in [-0.25, -0.2) is 4.79 Å². The molecule has 16 heavy (non-hydrogen) atoms. The van der Waals surface area contributed by atoms with Gasteiger partial charge in [-0.3, -0.25) is 4.21 Å². The minimum Gasteiger partial charge on any atom is -0.478 e. The molecule has 1 fully saturated rings. The molecule has 1 unspecified atom stereocenters. The van der Waals surface area contributed by atoms with E-state index in [-0.39, 0.29) is 10.8 Å². The second kappa shape index (κ2) is 4.67. The summed E-state index contributed by atoms with van der Waals surface area (Å²) in [7, 11) is -1.19. The van der Waals surface area contributed by atoms with Crippen LogP contribution in [0.2, 0.25) is 0 Å². The van der Waals surface area contributed by atoms with Crippen molar-refractivity contribution in [1.82, 2.24) is 0 Å². The molecule has 0 spiro atoms. The van der Waals surface area contributed by atoms with Gasteiger partial charge in [0.15, 0.2) is 0 Å². The summed E-state index contributed by atoms with van der Waals surface area (Å²) < 4.78 is 12.9. The lowest BCUT2D eigenvalue weighted by Crippen LogP contribution is -2.24. The molecule has 1 aliphatic carbocycles. The van der Waals surface area contributed by atoms with Crippen molar-refractivity contribution in [3.8, 4) is 0 Å². The lowest BCUT2D eigenvalue weighted by atomic mass is 10.00. The highest BCUT2D eigenvalue weighted by Gasteiger charge is 2.28. The van der Waals surface area contributed by atoms with E-state index >= 15 is 0 Å². The third-order valence-electron chi connectivity index (χ3n) is 2.75. The number of halogens is 1. The summed E-state index contributed by atoms with van der Waals surface area (Å²) in [6.07, 6.45) is 2.95. The topological polar surface area (TPSA) is 54.4 Å². The van der Waals surface area contributed by atoms with Crippen LogP contribution in [0.5, 0.6) is 0 Å². The molecule has 0 radical (unpaired) electrons. The number of hydrogen-bond donors (Lipinski definition) is 1. The second-order valence-corrected chi connectivity index (χ2v) is 6.41. The monoisotopic (exact) mass is 302 g/mol. The number of rotatable bonds is 3. The van der Waals surface area contributed by atoms with Gasteiger partial charge in [0.1, 0.15) is 0 Å². The standard InChI is InChI=1S/C11H11BrO3S/c12-7-4-5-9(11(13)14)10(6-7)16(15)8-2-1-3-8/h4-6,8H,1-3H2,(H,13,14). The molecule has 3 nitrogen and oxygen atoms in total. The largest absolute Gasteiger partial charge is 0.478 e. The summed E-state index contributed by atoms with van der Waals surface area (Å²) >= 11 is 3.28. The fourth-order valence-corrected chi connectivity index (χ4v) is 3.85. The predicted octanol–water partition coefficient (Wildman–Crippen LogP) is 2.81. The van der Waals surface area contributed by atoms with Crippen molar-refractivity contribution in [2.45, 2.75) is 29.4 Å². The quantitative estimate of drug-likeness (QED) is 0.934. The Bertz CT molecular complexity index is 455. The van der Waals surface area contributed by atoms with E-state index in [1.807, 2.05) is 0 Å². The second-order valence-electron chi connectivity index (χ2n) is 3.80. The van der Waals surface area contributed by atoms with Crippen LogP contribution in [0.4, 0.5) is 0 Å². The van der Waals surface area contributed by atoms with Gasteiger partial charge in [-0.1, -0.05) is 22.4 Å². The Kier molecular flexibility index (Phi) is 3.44. The average molecular weight is 303 g/mol. The van der Waals surface area contributed by atoms with Gasteiger partial charge in [-0.2, -0.15) is 0 Å². The molecule has 0 heterocycles. The van der Waals surface area contributed by atoms with Crippen LogP contribution in [0.1, 0.15) is 29.6 Å². The molecule has 86 valence electrons. The zero-order valence-electron chi connectivity index (χ0n) is 8.48. The summed E-state index contributed by atoms with van der Waals surface area (Å²) in [5.41, 5.74) is 0.147. The van der Waals surface area contributed by atoms with Crippen LogP contribution in [0.15, 0.2) is 27.6 Å². The predicted molar refractivity (Wildman–Crippen MR) is 65.1 cm³/mol. The Morgan fingerprint density at radius 2 is 2.12 bits per heavy atom. The molecule has 0 saturated heterocycles. The summed E-state index contributed by atoms with van der Waals surface area (Å²) in [4.78, 5) is 11.5. The Morgan fingerprint density at radius 3 is 2.62 bits per heavy atom. The van der Waals surface area contributed by atoms with E-state index < -0.39 is 16.8 Å². The summed E-state index contributed by atoms with van der Waals surface area (Å²) in [5.74, 6) is -1.02. The van der Waals surface area contributed by atoms with Crippen LogP contribution in [0.25, 0.3) is 0 Å². The van der Waals surface area contributed by atoms with Crippen LogP contribution in [0.3, 0.4) is 0 Å². The van der Waals surface area contributed by atoms with Gasteiger partial charge in [0.05, 0.1) is 21.3 Å². The molecule has 0 amide bonds. The van der Waals surface area contributed by atoms with E-state index in [0.717, 1.165) is 23.7 Å². The Hall–Kier alpha value is -0.680. The first-order chi connectivity index (χ1) is 7.59. The Balaban J connectivity index is 2.40. The molecule has 2 rings (SSSR count). The maximum Gasteiger partial charge on any atom is 0.336 e. The smallest absolute Gasteiger partial charge is 0.336 e. The van der Waals surface area contributed by atoms with E-state index in [4.69, 9.17) is 5.11 Å². The molecule has 1 aromatic rings. The molecule has 0 aromatic heterocycles. The van der Waals surface area contributed by atoms with Crippen molar-refractivity contribution < 1.29 is 14.1 Å². The molecule has 5 heteroatoms. The van der Waals surface area contributed by atoms with Crippen molar-refractivity contribution in [1.29, 1.82) is 0 Å². The van der Waals surface area contributed by atoms with Crippen LogP contribution in [-0.4, -0.2) is 20.5 Å². The highest BCUT2D eigenvalue weighted by atomic mass is 79.9. The first-order valence-electron chi connectivity index (χ1n) is 5.03. The molecular formula is C11H11BrO3S. The summed E-state index contributed by atoms with van der Waals surface area (Å²) in [6.45, 7) is 0. The fraction of sp³-hybridized carbons (Fsp3) is 0.364. The summed E-state index contributed by atoms with van der Waals surface area (Å²) in [5, 5.41) is 9.16. The molecule has 1 saturated carbocycles. The van der Waals surface area contributed by atoms with E-state index in [1.165, 1.54) is 6.07 Å². The van der Waals surface area contributed by atoms with Gasteiger partial charge in [0.25, 0.3) is 0 Å². The summed E-state index contributed by atoms with van der Waals surface area (Å²) in [6, 6.07) is 4.81. The van der Waals surface area contributed by atoms with Crippen molar-refractivity contribution in [2.24, 2.45) is 0 Å². The lowest BCUT2D eigenvalue weighted by Gasteiger charge is -2.25. The van der Waals surface area contributed by atoms with Crippen LogP contribution < -0.4 is 0 Å². The number of carboxylic acid groups (broad SMARTS) is 1. The molecule has 0 aliphatic heterocycles. The lowest BCUT2D eigenvalue weighted by molar-refractivity contribution is 0.0693. The molecule has 0 bridgehead atoms. The van der Waals surface area contributed by atoms with Crippen molar-refractivity contribution >= 4 is 32.7 Å². The first-order valence-corrected chi connectivity index (χ1v) is 7.03. The SMILES string of the molecule is O=C(O)c1ccc(Br)cc1S(=O)C1CCC1. The van der Waals surface area contributed by atoms with E-state index in [1.54, 1.807) is 12.1 Å². The molecule has 1 N–H and O–H groups in total. The normalized spacial score (nSPS) is 17.8. The van der Waals surface area contributed by atoms with Crippen molar-refractivity contribution in [2.75, 3.05) is 0 Å². The maximum atomic E-state index is 12.1. The zero-order valence-corrected chi connectivity index (χ0v) is 10.9. The molecule has 1 aliphatic rings. The first kappa shape index (κ1) is 11.8. The molecule has 1 atom stereocenters. The number of aromatic carboxylic acids is 1. The minimum absolute atomic E-state index is 0.132. The van der Waals surface area contributed by atoms with Gasteiger partial charge < -0.3 is 5.11 Å². The van der Waals surface area contributed by atoms with Gasteiger partial charge in [0, 0.05) is 9.72 Å². The number of benzene rings is 1. The third-order valence-corrected chi connectivity index (χ3v) is 5.09. The average Bonchev–Trinajstić information content (AvgIpc) is 2.14. The van der Waals surface area contributed by atoms with Gasteiger partial charge in [-0.15, -0.1) is 0 Å². The maximum absolute atomic E-state index is 12.1. The van der Waals surface area contributed by atoms with E-state index in [2.05, 4.69) is 15.9 Å². The van der Waals surface area contributed by atoms with Crippen molar-refractivity contribution in [3.05, 3.63) is 28.2 Å². The van der Waals surface area contributed by atoms with Crippen LogP contribution in [-0.2, 0) is 10.8 Å². The number of carboxylic acids is 1. The van der Waals surface area contributed by atoms with Crippen LogP contribution in [0, 0.1) is 0 Å². The third kappa shape index (κ3) is 2.20. The number of hydrogen-bond acceptors (Lipinski definition) is 2. The minimum atomic E-state index is -1.19. The van der Waals surface area contributed by atoms with Gasteiger partial charge in [-0.05, 0) is 31.0 Å². The Morgan fingerprint density at radius 1 is 1.44 bits per heavy atom. The van der Waals surface area contributed by atoms with E-state index in [9.17, 15) is 9.00 Å². The van der Waals surface area contributed by atoms with Gasteiger partial charge in [0.2, 0.25) is 0 Å². The fourth-order valence-electron chi connectivity index (χ4n) is 1.60. The highest BCUT2D eigenvalue weighted by molar-refractivity contribution is 9.10. The van der Waals surface area contributed by atoms with Crippen molar-refractivity contribution in [3.63, 3.8) is 0 Å². The van der Waals surface area contributed by atoms with Gasteiger partial charge >= 0.3 is 5.97 Å². The Labute approximate surface area is 104 Å². The number of carbonyl (C=O) groups is 1. The molecule has 1 aromatic carbocycles.